The summed E-state index contributed by atoms with van der Waals surface area (Å²) in [6.07, 6.45) is 1.65. The lowest BCUT2D eigenvalue weighted by Crippen LogP contribution is -2.09. The van der Waals surface area contributed by atoms with Gasteiger partial charge >= 0.3 is 0 Å². The number of aliphatic hydroxyl groups excluding tert-OH is 1. The van der Waals surface area contributed by atoms with E-state index in [1.807, 2.05) is 30.3 Å². The number of fused-ring (bicyclic) bond motifs is 1. The summed E-state index contributed by atoms with van der Waals surface area (Å²) in [6, 6.07) is 16.2. The van der Waals surface area contributed by atoms with Crippen molar-refractivity contribution in [3.63, 3.8) is 0 Å². The molecular formula is C20H13BrClNO3. The number of aromatic nitrogens is 1. The number of aliphatic hydroxyl groups is 1. The van der Waals surface area contributed by atoms with Gasteiger partial charge in [0, 0.05) is 32.2 Å². The highest BCUT2D eigenvalue weighted by Gasteiger charge is 2.19. The number of hydrogen-bond acceptors (Lipinski definition) is 3. The summed E-state index contributed by atoms with van der Waals surface area (Å²) in [6.45, 7) is -0.137. The second-order valence-electron chi connectivity index (χ2n) is 5.79. The highest BCUT2D eigenvalue weighted by Crippen LogP contribution is 2.32. The highest BCUT2D eigenvalue weighted by molar-refractivity contribution is 9.10. The van der Waals surface area contributed by atoms with Crippen molar-refractivity contribution in [2.24, 2.45) is 0 Å². The molecule has 4 rings (SSSR count). The number of carbonyl (C=O) groups is 1. The lowest BCUT2D eigenvalue weighted by atomic mass is 10.2. The second kappa shape index (κ2) is 6.76. The van der Waals surface area contributed by atoms with Crippen LogP contribution in [0.15, 0.2) is 69.7 Å². The molecule has 4 nitrogen and oxygen atoms in total. The molecular weight excluding hydrogens is 418 g/mol. The van der Waals surface area contributed by atoms with Crippen LogP contribution in [0.5, 0.6) is 0 Å². The van der Waals surface area contributed by atoms with Crippen LogP contribution in [0.4, 0.5) is 0 Å². The number of nitrogens with zero attached hydrogens (tertiary/aromatic N) is 1. The summed E-state index contributed by atoms with van der Waals surface area (Å²) in [7, 11) is 0. The van der Waals surface area contributed by atoms with Crippen molar-refractivity contribution >= 4 is 44.3 Å². The van der Waals surface area contributed by atoms with Gasteiger partial charge < -0.3 is 9.52 Å². The first kappa shape index (κ1) is 17.1. The molecule has 0 unspecified atom stereocenters. The minimum Gasteiger partial charge on any atom is -0.451 e. The number of furan rings is 1. The van der Waals surface area contributed by atoms with Crippen LogP contribution >= 0.6 is 27.5 Å². The normalized spacial score (nSPS) is 11.2. The number of benzene rings is 2. The second-order valence-corrected chi connectivity index (χ2v) is 7.08. The summed E-state index contributed by atoms with van der Waals surface area (Å²) in [5.41, 5.74) is 2.23. The van der Waals surface area contributed by atoms with Crippen LogP contribution in [0, 0.1) is 0 Å². The molecule has 1 N–H and O–H groups in total. The van der Waals surface area contributed by atoms with E-state index in [1.165, 1.54) is 4.57 Å². The van der Waals surface area contributed by atoms with E-state index >= 15 is 0 Å². The van der Waals surface area contributed by atoms with Crippen molar-refractivity contribution in [1.29, 1.82) is 0 Å². The molecule has 0 atom stereocenters. The van der Waals surface area contributed by atoms with Crippen LogP contribution in [0.25, 0.3) is 22.2 Å². The van der Waals surface area contributed by atoms with Crippen LogP contribution in [-0.2, 0) is 6.61 Å². The molecule has 0 aliphatic rings. The third-order valence-electron chi connectivity index (χ3n) is 4.20. The van der Waals surface area contributed by atoms with Crippen LogP contribution in [-0.4, -0.2) is 15.6 Å². The zero-order valence-corrected chi connectivity index (χ0v) is 15.8. The number of para-hydroxylation sites is 1. The van der Waals surface area contributed by atoms with Gasteiger partial charge in [0.05, 0.1) is 12.1 Å². The van der Waals surface area contributed by atoms with Gasteiger partial charge in [0.1, 0.15) is 5.76 Å². The van der Waals surface area contributed by atoms with Gasteiger partial charge in [-0.1, -0.05) is 29.8 Å². The summed E-state index contributed by atoms with van der Waals surface area (Å²) < 4.78 is 8.08. The number of halogens is 2. The molecule has 6 heteroatoms. The molecule has 4 aromatic rings. The Morgan fingerprint density at radius 2 is 1.96 bits per heavy atom. The maximum Gasteiger partial charge on any atom is 0.298 e. The van der Waals surface area contributed by atoms with Crippen LogP contribution < -0.4 is 0 Å². The minimum absolute atomic E-state index is 0.137. The van der Waals surface area contributed by atoms with Gasteiger partial charge in [-0.25, -0.2) is 0 Å². The average Bonchev–Trinajstić information content (AvgIpc) is 3.26. The van der Waals surface area contributed by atoms with Crippen LogP contribution in [0.3, 0.4) is 0 Å². The van der Waals surface area contributed by atoms with Gasteiger partial charge in [0.25, 0.3) is 5.91 Å². The Balaban J connectivity index is 1.76. The Bertz CT molecular complexity index is 1130. The molecule has 0 bridgehead atoms. The standard InChI is InChI=1S/C20H13BrClNO3/c21-16-9-13(22)5-6-15(16)18-7-8-19(26-18)20(25)23-10-12(11-24)14-3-1-2-4-17(14)23/h1-10,24H,11H2. The summed E-state index contributed by atoms with van der Waals surface area (Å²) in [5.74, 6) is 0.486. The first-order valence-corrected chi connectivity index (χ1v) is 9.05. The fourth-order valence-electron chi connectivity index (χ4n) is 2.95. The van der Waals surface area contributed by atoms with E-state index < -0.39 is 0 Å². The maximum absolute atomic E-state index is 12.9. The molecule has 0 saturated carbocycles. The van der Waals surface area contributed by atoms with Crippen molar-refractivity contribution in [3.05, 3.63) is 81.6 Å². The summed E-state index contributed by atoms with van der Waals surface area (Å²) >= 11 is 9.43. The van der Waals surface area contributed by atoms with Gasteiger partial charge in [0.15, 0.2) is 5.76 Å². The number of rotatable bonds is 3. The topological polar surface area (TPSA) is 55.4 Å². The quantitative estimate of drug-likeness (QED) is 0.467. The fourth-order valence-corrected chi connectivity index (χ4v) is 3.83. The Labute approximate surface area is 162 Å². The van der Waals surface area contributed by atoms with E-state index in [1.54, 1.807) is 30.5 Å². The van der Waals surface area contributed by atoms with Gasteiger partial charge in [-0.3, -0.25) is 9.36 Å². The summed E-state index contributed by atoms with van der Waals surface area (Å²) in [4.78, 5) is 12.9. The first-order valence-electron chi connectivity index (χ1n) is 7.88. The zero-order chi connectivity index (χ0) is 18.3. The molecule has 130 valence electrons. The van der Waals surface area contributed by atoms with Crippen LogP contribution in [0.2, 0.25) is 5.02 Å². The maximum atomic E-state index is 12.9. The van der Waals surface area contributed by atoms with Gasteiger partial charge in [-0.05, 0) is 52.3 Å². The molecule has 0 spiro atoms. The van der Waals surface area contributed by atoms with E-state index in [2.05, 4.69) is 15.9 Å². The third kappa shape index (κ3) is 2.88. The lowest BCUT2D eigenvalue weighted by Gasteiger charge is -2.03. The minimum atomic E-state index is -0.294. The Morgan fingerprint density at radius 1 is 1.15 bits per heavy atom. The molecule has 0 aliphatic carbocycles. The van der Waals surface area contributed by atoms with Crippen molar-refractivity contribution in [2.75, 3.05) is 0 Å². The molecule has 26 heavy (non-hydrogen) atoms. The van der Waals surface area contributed by atoms with E-state index in [9.17, 15) is 9.90 Å². The molecule has 2 aromatic heterocycles. The number of hydrogen-bond donors (Lipinski definition) is 1. The van der Waals surface area contributed by atoms with Gasteiger partial charge in [0.2, 0.25) is 0 Å². The SMILES string of the molecule is O=C(c1ccc(-c2ccc(Cl)cc2Br)o1)n1cc(CO)c2ccccc21. The van der Waals surface area contributed by atoms with E-state index in [-0.39, 0.29) is 18.3 Å². The number of carbonyl (C=O) groups excluding carboxylic acids is 1. The first-order chi connectivity index (χ1) is 12.6. The van der Waals surface area contributed by atoms with Gasteiger partial charge in [-0.2, -0.15) is 0 Å². The average molecular weight is 431 g/mol. The van der Waals surface area contributed by atoms with Crippen molar-refractivity contribution in [1.82, 2.24) is 4.57 Å². The van der Waals surface area contributed by atoms with Crippen molar-refractivity contribution < 1.29 is 14.3 Å². The smallest absolute Gasteiger partial charge is 0.298 e. The Kier molecular flexibility index (Phi) is 4.44. The molecule has 0 fully saturated rings. The van der Waals surface area contributed by atoms with E-state index in [4.69, 9.17) is 16.0 Å². The third-order valence-corrected chi connectivity index (χ3v) is 5.09. The predicted octanol–water partition coefficient (Wildman–Crippen LogP) is 5.50. The molecule has 2 heterocycles. The Hall–Kier alpha value is -2.34. The van der Waals surface area contributed by atoms with Gasteiger partial charge in [-0.15, -0.1) is 0 Å². The lowest BCUT2D eigenvalue weighted by molar-refractivity contribution is 0.0938. The van der Waals surface area contributed by atoms with E-state index in [0.29, 0.717) is 16.3 Å². The Morgan fingerprint density at radius 3 is 2.73 bits per heavy atom. The monoisotopic (exact) mass is 429 g/mol. The summed E-state index contributed by atoms with van der Waals surface area (Å²) in [5, 5.41) is 11.0. The fraction of sp³-hybridized carbons (Fsp3) is 0.0500. The highest BCUT2D eigenvalue weighted by atomic mass is 79.9. The van der Waals surface area contributed by atoms with E-state index in [0.717, 1.165) is 20.9 Å². The molecule has 0 aliphatic heterocycles. The van der Waals surface area contributed by atoms with Crippen molar-refractivity contribution in [3.8, 4) is 11.3 Å². The zero-order valence-electron chi connectivity index (χ0n) is 13.4. The van der Waals surface area contributed by atoms with Crippen molar-refractivity contribution in [2.45, 2.75) is 6.61 Å². The molecule has 2 aromatic carbocycles. The molecule has 0 saturated heterocycles. The largest absolute Gasteiger partial charge is 0.451 e. The van der Waals surface area contributed by atoms with Crippen LogP contribution in [0.1, 0.15) is 16.1 Å². The predicted molar refractivity (Wildman–Crippen MR) is 104 cm³/mol. The molecule has 0 amide bonds. The molecule has 0 radical (unpaired) electrons.